The van der Waals surface area contributed by atoms with Gasteiger partial charge in [0.2, 0.25) is 21.8 Å². The molecule has 0 bridgehead atoms. The smallest absolute Gasteiger partial charge is 0.244 e. The molecular formula is C29H32Cl3N3O4S. The Balaban J connectivity index is 2.06. The third kappa shape index (κ3) is 9.41. The number of amides is 2. The van der Waals surface area contributed by atoms with Gasteiger partial charge in [-0.3, -0.25) is 13.9 Å². The maximum Gasteiger partial charge on any atom is 0.244 e. The first-order chi connectivity index (χ1) is 18.8. The van der Waals surface area contributed by atoms with Crippen LogP contribution in [0.2, 0.25) is 15.1 Å². The van der Waals surface area contributed by atoms with Gasteiger partial charge in [0.25, 0.3) is 0 Å². The van der Waals surface area contributed by atoms with Gasteiger partial charge < -0.3 is 10.2 Å². The quantitative estimate of drug-likeness (QED) is 0.275. The number of benzene rings is 3. The summed E-state index contributed by atoms with van der Waals surface area (Å²) >= 11 is 18.5. The summed E-state index contributed by atoms with van der Waals surface area (Å²) in [7, 11) is -3.94. The van der Waals surface area contributed by atoms with Crippen LogP contribution in [-0.4, -0.2) is 50.5 Å². The zero-order chi connectivity index (χ0) is 29.4. The fourth-order valence-corrected chi connectivity index (χ4v) is 5.67. The topological polar surface area (TPSA) is 86.8 Å². The average molecular weight is 625 g/mol. The standard InChI is InChI=1S/C29H32Cl3N3O4S/c1-20(2)17-33-29(37)27(13-21-8-5-4-6-9-21)34(18-22-10-7-11-23(30)12-22)28(36)19-35(40(3,38)39)26-15-24(31)14-25(32)16-26/h4-12,14-16,20,27H,13,17-19H2,1-3H3,(H,33,37)/t27-/m0/s1. The van der Waals surface area contributed by atoms with E-state index in [9.17, 15) is 18.0 Å². The highest BCUT2D eigenvalue weighted by Gasteiger charge is 2.33. The van der Waals surface area contributed by atoms with Gasteiger partial charge in [0.05, 0.1) is 11.9 Å². The van der Waals surface area contributed by atoms with Crippen LogP contribution in [-0.2, 0) is 32.6 Å². The Labute approximate surface area is 251 Å². The number of anilines is 1. The molecule has 2 amide bonds. The van der Waals surface area contributed by atoms with Gasteiger partial charge in [-0.15, -0.1) is 0 Å². The summed E-state index contributed by atoms with van der Waals surface area (Å²) in [5.41, 5.74) is 1.67. The van der Waals surface area contributed by atoms with Crippen LogP contribution < -0.4 is 9.62 Å². The highest BCUT2D eigenvalue weighted by Crippen LogP contribution is 2.27. The van der Waals surface area contributed by atoms with E-state index < -0.39 is 28.5 Å². The number of carbonyl (C=O) groups is 2. The third-order valence-corrected chi connectivity index (χ3v) is 7.82. The van der Waals surface area contributed by atoms with E-state index in [4.69, 9.17) is 34.8 Å². The Morgan fingerprint density at radius 2 is 1.48 bits per heavy atom. The fourth-order valence-electron chi connectivity index (χ4n) is 4.11. The molecule has 1 N–H and O–H groups in total. The van der Waals surface area contributed by atoms with Crippen molar-refractivity contribution < 1.29 is 18.0 Å². The van der Waals surface area contributed by atoms with Crippen LogP contribution in [0.3, 0.4) is 0 Å². The van der Waals surface area contributed by atoms with Crippen molar-refractivity contribution in [2.75, 3.05) is 23.7 Å². The summed E-state index contributed by atoms with van der Waals surface area (Å²) in [6.07, 6.45) is 1.21. The zero-order valence-corrected chi connectivity index (χ0v) is 25.6. The molecule has 214 valence electrons. The van der Waals surface area contributed by atoms with Crippen molar-refractivity contribution in [1.29, 1.82) is 0 Å². The minimum absolute atomic E-state index is 0.0277. The SMILES string of the molecule is CC(C)CNC(=O)[C@H](Cc1ccccc1)N(Cc1cccc(Cl)c1)C(=O)CN(c1cc(Cl)cc(Cl)c1)S(C)(=O)=O. The number of hydrogen-bond acceptors (Lipinski definition) is 4. The first-order valence-electron chi connectivity index (χ1n) is 12.6. The first-order valence-corrected chi connectivity index (χ1v) is 15.6. The van der Waals surface area contributed by atoms with E-state index in [1.807, 2.05) is 44.2 Å². The largest absolute Gasteiger partial charge is 0.354 e. The van der Waals surface area contributed by atoms with Crippen LogP contribution in [0, 0.1) is 5.92 Å². The van der Waals surface area contributed by atoms with Gasteiger partial charge >= 0.3 is 0 Å². The molecule has 3 rings (SSSR count). The number of halogens is 3. The van der Waals surface area contributed by atoms with Crippen molar-refractivity contribution in [1.82, 2.24) is 10.2 Å². The van der Waals surface area contributed by atoms with E-state index in [0.29, 0.717) is 17.1 Å². The summed E-state index contributed by atoms with van der Waals surface area (Å²) in [4.78, 5) is 29.0. The predicted molar refractivity (Wildman–Crippen MR) is 162 cm³/mol. The predicted octanol–water partition coefficient (Wildman–Crippen LogP) is 5.83. The Hall–Kier alpha value is -2.78. The number of rotatable bonds is 12. The van der Waals surface area contributed by atoms with Gasteiger partial charge in [0.1, 0.15) is 12.6 Å². The average Bonchev–Trinajstić information content (AvgIpc) is 2.87. The molecule has 3 aromatic carbocycles. The van der Waals surface area contributed by atoms with Crippen LogP contribution in [0.4, 0.5) is 5.69 Å². The van der Waals surface area contributed by atoms with E-state index in [2.05, 4.69) is 5.32 Å². The molecule has 0 fully saturated rings. The van der Waals surface area contributed by atoms with E-state index in [-0.39, 0.29) is 40.5 Å². The monoisotopic (exact) mass is 623 g/mol. The Kier molecular flexibility index (Phi) is 11.3. The molecule has 0 aliphatic carbocycles. The summed E-state index contributed by atoms with van der Waals surface area (Å²) in [6, 6.07) is 19.7. The molecule has 0 heterocycles. The molecule has 0 aromatic heterocycles. The second-order valence-corrected chi connectivity index (χ2v) is 13.1. The lowest BCUT2D eigenvalue weighted by Crippen LogP contribution is -2.53. The van der Waals surface area contributed by atoms with Gasteiger partial charge in [0, 0.05) is 34.6 Å². The van der Waals surface area contributed by atoms with Crippen molar-refractivity contribution >= 4 is 62.3 Å². The highest BCUT2D eigenvalue weighted by atomic mass is 35.5. The van der Waals surface area contributed by atoms with Crippen LogP contribution in [0.15, 0.2) is 72.8 Å². The van der Waals surface area contributed by atoms with E-state index in [1.165, 1.54) is 23.1 Å². The molecule has 0 unspecified atom stereocenters. The minimum Gasteiger partial charge on any atom is -0.354 e. The van der Waals surface area contributed by atoms with Gasteiger partial charge in [-0.2, -0.15) is 0 Å². The molecule has 0 saturated carbocycles. The summed E-state index contributed by atoms with van der Waals surface area (Å²) < 4.78 is 26.7. The second kappa shape index (κ2) is 14.2. The maximum atomic E-state index is 14.0. The fraction of sp³-hybridized carbons (Fsp3) is 0.310. The lowest BCUT2D eigenvalue weighted by atomic mass is 10.0. The molecule has 1 atom stereocenters. The molecular weight excluding hydrogens is 593 g/mol. The number of sulfonamides is 1. The molecule has 40 heavy (non-hydrogen) atoms. The van der Waals surface area contributed by atoms with E-state index >= 15 is 0 Å². The molecule has 0 aliphatic heterocycles. The van der Waals surface area contributed by atoms with Gasteiger partial charge in [-0.25, -0.2) is 8.42 Å². The summed E-state index contributed by atoms with van der Waals surface area (Å²) in [5.74, 6) is -0.738. The summed E-state index contributed by atoms with van der Waals surface area (Å²) in [5, 5.41) is 3.85. The molecule has 0 saturated heterocycles. The molecule has 11 heteroatoms. The molecule has 0 aliphatic rings. The van der Waals surface area contributed by atoms with Crippen molar-refractivity contribution in [2.45, 2.75) is 32.9 Å². The Morgan fingerprint density at radius 1 is 0.850 bits per heavy atom. The van der Waals surface area contributed by atoms with Crippen LogP contribution in [0.25, 0.3) is 0 Å². The molecule has 0 radical (unpaired) electrons. The van der Waals surface area contributed by atoms with Crippen LogP contribution in [0.5, 0.6) is 0 Å². The number of hydrogen-bond donors (Lipinski definition) is 1. The highest BCUT2D eigenvalue weighted by molar-refractivity contribution is 7.92. The van der Waals surface area contributed by atoms with Crippen molar-refractivity contribution in [2.24, 2.45) is 5.92 Å². The molecule has 7 nitrogen and oxygen atoms in total. The zero-order valence-electron chi connectivity index (χ0n) is 22.5. The Bertz CT molecular complexity index is 1420. The lowest BCUT2D eigenvalue weighted by Gasteiger charge is -2.33. The van der Waals surface area contributed by atoms with Crippen molar-refractivity contribution in [3.63, 3.8) is 0 Å². The first kappa shape index (κ1) is 31.7. The Morgan fingerprint density at radius 3 is 2.05 bits per heavy atom. The van der Waals surface area contributed by atoms with Crippen molar-refractivity contribution in [3.8, 4) is 0 Å². The second-order valence-electron chi connectivity index (χ2n) is 9.89. The van der Waals surface area contributed by atoms with Crippen LogP contribution >= 0.6 is 34.8 Å². The van der Waals surface area contributed by atoms with Crippen molar-refractivity contribution in [3.05, 3.63) is 99.0 Å². The number of nitrogens with one attached hydrogen (secondary N) is 1. The third-order valence-electron chi connectivity index (χ3n) is 6.01. The van der Waals surface area contributed by atoms with E-state index in [1.54, 1.807) is 24.3 Å². The van der Waals surface area contributed by atoms with Gasteiger partial charge in [0.15, 0.2) is 0 Å². The number of carbonyl (C=O) groups excluding carboxylic acids is 2. The lowest BCUT2D eigenvalue weighted by molar-refractivity contribution is -0.140. The molecule has 3 aromatic rings. The maximum absolute atomic E-state index is 14.0. The normalized spacial score (nSPS) is 12.2. The summed E-state index contributed by atoms with van der Waals surface area (Å²) in [6.45, 7) is 3.82. The minimum atomic E-state index is -3.94. The van der Waals surface area contributed by atoms with Crippen LogP contribution in [0.1, 0.15) is 25.0 Å². The number of nitrogens with zero attached hydrogens (tertiary/aromatic N) is 2. The van der Waals surface area contributed by atoms with Gasteiger partial charge in [-0.05, 0) is 47.4 Å². The molecule has 0 spiro atoms. The van der Waals surface area contributed by atoms with Gasteiger partial charge in [-0.1, -0.05) is 91.1 Å². The van der Waals surface area contributed by atoms with E-state index in [0.717, 1.165) is 16.1 Å².